The molecule has 104 valence electrons. The number of rotatable bonds is 3. The Hall–Kier alpha value is -1.26. The first-order chi connectivity index (χ1) is 9.11. The summed E-state index contributed by atoms with van der Waals surface area (Å²) in [6.45, 7) is 4.60. The Balaban J connectivity index is 2.20. The van der Waals surface area contributed by atoms with Gasteiger partial charge in [-0.05, 0) is 31.0 Å². The fraction of sp³-hybridized carbons (Fsp3) is 0.500. The van der Waals surface area contributed by atoms with Crippen LogP contribution >= 0.6 is 11.6 Å². The van der Waals surface area contributed by atoms with Crippen LogP contribution in [0.25, 0.3) is 0 Å². The molecule has 1 aliphatic rings. The van der Waals surface area contributed by atoms with Crippen molar-refractivity contribution in [2.24, 2.45) is 0 Å². The quantitative estimate of drug-likeness (QED) is 0.926. The smallest absolute Gasteiger partial charge is 0.337 e. The molecule has 0 bridgehead atoms. The summed E-state index contributed by atoms with van der Waals surface area (Å²) >= 11 is 6.02. The lowest BCUT2D eigenvalue weighted by Crippen LogP contribution is -2.31. The Bertz CT molecular complexity index is 464. The third kappa shape index (κ3) is 3.39. The van der Waals surface area contributed by atoms with Crippen LogP contribution in [0.2, 0.25) is 5.02 Å². The Labute approximate surface area is 117 Å². The van der Waals surface area contributed by atoms with Crippen LogP contribution in [0.3, 0.4) is 0 Å². The minimum absolute atomic E-state index is 0.142. The lowest BCUT2D eigenvalue weighted by Gasteiger charge is -2.25. The second kappa shape index (κ2) is 6.26. The highest BCUT2D eigenvalue weighted by molar-refractivity contribution is 6.33. The molecule has 0 aromatic heterocycles. The largest absolute Gasteiger partial charge is 0.478 e. The van der Waals surface area contributed by atoms with Crippen LogP contribution in [-0.2, 0) is 4.74 Å². The van der Waals surface area contributed by atoms with Crippen LogP contribution in [0.4, 0.5) is 5.69 Å². The molecule has 1 heterocycles. The Kier molecular flexibility index (Phi) is 4.66. The average molecular weight is 284 g/mol. The van der Waals surface area contributed by atoms with E-state index in [0.717, 1.165) is 38.2 Å². The number of aromatic carboxylic acids is 1. The van der Waals surface area contributed by atoms with Crippen molar-refractivity contribution in [3.63, 3.8) is 0 Å². The number of hydrogen-bond donors (Lipinski definition) is 1. The predicted molar refractivity (Wildman–Crippen MR) is 75.3 cm³/mol. The fourth-order valence-electron chi connectivity index (χ4n) is 2.25. The molecule has 0 saturated carbocycles. The highest BCUT2D eigenvalue weighted by atomic mass is 35.5. The topological polar surface area (TPSA) is 49.8 Å². The average Bonchev–Trinajstić information content (AvgIpc) is 2.63. The number of nitrogens with zero attached hydrogens (tertiary/aromatic N) is 1. The minimum Gasteiger partial charge on any atom is -0.478 e. The van der Waals surface area contributed by atoms with Gasteiger partial charge >= 0.3 is 5.97 Å². The fourth-order valence-corrected chi connectivity index (χ4v) is 2.51. The standard InChI is InChI=1S/C14H18ClNO3/c1-2-11-9-16(6-3-7-19-11)10-4-5-12(14(17)18)13(15)8-10/h4-5,8,11H,2-3,6-7,9H2,1H3,(H,17,18). The van der Waals surface area contributed by atoms with Crippen molar-refractivity contribution >= 4 is 23.3 Å². The molecule has 1 aromatic carbocycles. The lowest BCUT2D eigenvalue weighted by atomic mass is 10.1. The van der Waals surface area contributed by atoms with E-state index >= 15 is 0 Å². The molecule has 0 radical (unpaired) electrons. The van der Waals surface area contributed by atoms with E-state index in [1.54, 1.807) is 12.1 Å². The first-order valence-corrected chi connectivity index (χ1v) is 6.89. The van der Waals surface area contributed by atoms with Gasteiger partial charge in [-0.15, -0.1) is 0 Å². The molecule has 0 spiro atoms. The zero-order valence-electron chi connectivity index (χ0n) is 10.9. The number of anilines is 1. The molecule has 1 unspecified atom stereocenters. The van der Waals surface area contributed by atoms with Gasteiger partial charge < -0.3 is 14.7 Å². The maximum atomic E-state index is 10.9. The van der Waals surface area contributed by atoms with E-state index in [0.29, 0.717) is 0 Å². The summed E-state index contributed by atoms with van der Waals surface area (Å²) in [7, 11) is 0. The van der Waals surface area contributed by atoms with E-state index < -0.39 is 5.97 Å². The van der Waals surface area contributed by atoms with E-state index in [4.69, 9.17) is 21.4 Å². The molecule has 19 heavy (non-hydrogen) atoms. The van der Waals surface area contributed by atoms with Gasteiger partial charge in [0.25, 0.3) is 0 Å². The monoisotopic (exact) mass is 283 g/mol. The van der Waals surface area contributed by atoms with Gasteiger partial charge in [0.1, 0.15) is 0 Å². The van der Waals surface area contributed by atoms with Gasteiger partial charge in [0.05, 0.1) is 16.7 Å². The minimum atomic E-state index is -0.998. The Morgan fingerprint density at radius 3 is 3.00 bits per heavy atom. The molecule has 1 saturated heterocycles. The van der Waals surface area contributed by atoms with Crippen molar-refractivity contribution in [1.82, 2.24) is 0 Å². The van der Waals surface area contributed by atoms with E-state index in [-0.39, 0.29) is 16.7 Å². The number of benzene rings is 1. The van der Waals surface area contributed by atoms with Gasteiger partial charge in [0.15, 0.2) is 0 Å². The van der Waals surface area contributed by atoms with Gasteiger partial charge in [-0.3, -0.25) is 0 Å². The second-order valence-electron chi connectivity index (χ2n) is 4.67. The molecule has 1 aromatic rings. The van der Waals surface area contributed by atoms with Gasteiger partial charge in [0, 0.05) is 25.4 Å². The van der Waals surface area contributed by atoms with Crippen molar-refractivity contribution in [3.05, 3.63) is 28.8 Å². The van der Waals surface area contributed by atoms with Gasteiger partial charge in [-0.1, -0.05) is 18.5 Å². The molecule has 1 N–H and O–H groups in total. The number of halogens is 1. The normalized spacial score (nSPS) is 20.1. The van der Waals surface area contributed by atoms with Gasteiger partial charge in [-0.25, -0.2) is 4.79 Å². The molecule has 0 aliphatic carbocycles. The van der Waals surface area contributed by atoms with Gasteiger partial charge in [0.2, 0.25) is 0 Å². The molecule has 4 nitrogen and oxygen atoms in total. The van der Waals surface area contributed by atoms with Gasteiger partial charge in [-0.2, -0.15) is 0 Å². The summed E-state index contributed by atoms with van der Waals surface area (Å²) in [6, 6.07) is 5.10. The van der Waals surface area contributed by atoms with E-state index in [2.05, 4.69) is 11.8 Å². The summed E-state index contributed by atoms with van der Waals surface area (Å²) in [4.78, 5) is 13.2. The third-order valence-electron chi connectivity index (χ3n) is 3.35. The molecule has 1 aliphatic heterocycles. The highest BCUT2D eigenvalue weighted by Gasteiger charge is 2.19. The number of ether oxygens (including phenoxy) is 1. The number of carboxylic acid groups (broad SMARTS) is 1. The maximum Gasteiger partial charge on any atom is 0.337 e. The first-order valence-electron chi connectivity index (χ1n) is 6.51. The van der Waals surface area contributed by atoms with Crippen LogP contribution in [0, 0.1) is 0 Å². The summed E-state index contributed by atoms with van der Waals surface area (Å²) in [6.07, 6.45) is 2.16. The second-order valence-corrected chi connectivity index (χ2v) is 5.08. The van der Waals surface area contributed by atoms with E-state index in [1.807, 2.05) is 6.07 Å². The lowest BCUT2D eigenvalue weighted by molar-refractivity contribution is 0.0664. The molecule has 1 atom stereocenters. The van der Waals surface area contributed by atoms with Crippen molar-refractivity contribution in [3.8, 4) is 0 Å². The first kappa shape index (κ1) is 14.2. The molecule has 5 heteroatoms. The van der Waals surface area contributed by atoms with Crippen molar-refractivity contribution in [1.29, 1.82) is 0 Å². The van der Waals surface area contributed by atoms with E-state index in [1.165, 1.54) is 0 Å². The zero-order valence-corrected chi connectivity index (χ0v) is 11.7. The number of carbonyl (C=O) groups is 1. The summed E-state index contributed by atoms with van der Waals surface area (Å²) < 4.78 is 5.73. The SMILES string of the molecule is CCC1CN(c2ccc(C(=O)O)c(Cl)c2)CCCO1. The number of carboxylic acids is 1. The third-order valence-corrected chi connectivity index (χ3v) is 3.67. The maximum absolute atomic E-state index is 10.9. The highest BCUT2D eigenvalue weighted by Crippen LogP contribution is 2.25. The van der Waals surface area contributed by atoms with Crippen molar-refractivity contribution in [2.75, 3.05) is 24.6 Å². The number of hydrogen-bond acceptors (Lipinski definition) is 3. The molecule has 1 fully saturated rings. The van der Waals surface area contributed by atoms with Crippen LogP contribution in [-0.4, -0.2) is 36.9 Å². The molecular weight excluding hydrogens is 266 g/mol. The van der Waals surface area contributed by atoms with E-state index in [9.17, 15) is 4.79 Å². The molecular formula is C14H18ClNO3. The predicted octanol–water partition coefficient (Wildman–Crippen LogP) is 3.04. The Morgan fingerprint density at radius 2 is 2.37 bits per heavy atom. The van der Waals surface area contributed by atoms with Crippen molar-refractivity contribution < 1.29 is 14.6 Å². The zero-order chi connectivity index (χ0) is 13.8. The summed E-state index contributed by atoms with van der Waals surface area (Å²) in [5.74, 6) is -0.998. The van der Waals surface area contributed by atoms with Crippen LogP contribution in [0.15, 0.2) is 18.2 Å². The van der Waals surface area contributed by atoms with Crippen LogP contribution < -0.4 is 4.90 Å². The summed E-state index contributed by atoms with van der Waals surface area (Å²) in [5, 5.41) is 9.25. The summed E-state index contributed by atoms with van der Waals surface area (Å²) in [5.41, 5.74) is 1.10. The van der Waals surface area contributed by atoms with Crippen LogP contribution in [0.5, 0.6) is 0 Å². The molecule has 0 amide bonds. The van der Waals surface area contributed by atoms with Crippen molar-refractivity contribution in [2.45, 2.75) is 25.9 Å². The molecule has 2 rings (SSSR count). The van der Waals surface area contributed by atoms with Crippen LogP contribution in [0.1, 0.15) is 30.1 Å². The Morgan fingerprint density at radius 1 is 1.58 bits per heavy atom.